The topological polar surface area (TPSA) is 24.5 Å². The molecule has 1 aromatic rings. The van der Waals surface area contributed by atoms with Crippen LogP contribution in [0.15, 0.2) is 18.2 Å². The molecule has 1 N–H and O–H groups in total. The van der Waals surface area contributed by atoms with Crippen molar-refractivity contribution in [1.29, 1.82) is 0 Å². The highest BCUT2D eigenvalue weighted by molar-refractivity contribution is 6.32. The summed E-state index contributed by atoms with van der Waals surface area (Å²) in [7, 11) is 1.63. The van der Waals surface area contributed by atoms with Crippen LogP contribution >= 0.6 is 11.6 Å². The van der Waals surface area contributed by atoms with E-state index >= 15 is 0 Å². The van der Waals surface area contributed by atoms with Gasteiger partial charge in [0.2, 0.25) is 0 Å². The van der Waals surface area contributed by atoms with Crippen LogP contribution in [0, 0.1) is 0 Å². The lowest BCUT2D eigenvalue weighted by Crippen LogP contribution is -2.38. The zero-order valence-corrected chi connectivity index (χ0v) is 11.8. The largest absolute Gasteiger partial charge is 0.495 e. The molecule has 4 heteroatoms. The fourth-order valence-corrected chi connectivity index (χ4v) is 2.64. The second-order valence-corrected chi connectivity index (χ2v) is 5.11. The Hall–Kier alpha value is -0.930. The van der Waals surface area contributed by atoms with Gasteiger partial charge >= 0.3 is 0 Å². The summed E-state index contributed by atoms with van der Waals surface area (Å²) in [4.78, 5) is 2.49. The average Bonchev–Trinajstić information content (AvgIpc) is 2.40. The summed E-state index contributed by atoms with van der Waals surface area (Å²) in [6, 6.07) is 6.42. The molecule has 0 aliphatic carbocycles. The van der Waals surface area contributed by atoms with E-state index in [2.05, 4.69) is 17.1 Å². The van der Waals surface area contributed by atoms with Crippen molar-refractivity contribution in [3.63, 3.8) is 0 Å². The summed E-state index contributed by atoms with van der Waals surface area (Å²) >= 11 is 6.12. The van der Waals surface area contributed by atoms with Gasteiger partial charge in [0.15, 0.2) is 0 Å². The van der Waals surface area contributed by atoms with E-state index in [0.717, 1.165) is 18.0 Å². The summed E-state index contributed by atoms with van der Waals surface area (Å²) in [5, 5.41) is 4.21. The minimum absolute atomic E-state index is 0.553. The first-order chi connectivity index (χ1) is 8.72. The zero-order valence-electron chi connectivity index (χ0n) is 11.1. The van der Waals surface area contributed by atoms with Gasteiger partial charge in [0.25, 0.3) is 0 Å². The van der Waals surface area contributed by atoms with Crippen LogP contribution in [0.4, 0.5) is 5.69 Å². The van der Waals surface area contributed by atoms with Crippen molar-refractivity contribution in [2.75, 3.05) is 32.1 Å². The Kier molecular flexibility index (Phi) is 4.72. The van der Waals surface area contributed by atoms with E-state index in [4.69, 9.17) is 16.3 Å². The molecule has 0 amide bonds. The van der Waals surface area contributed by atoms with Crippen LogP contribution in [0.25, 0.3) is 0 Å². The minimum atomic E-state index is 0.553. The highest BCUT2D eigenvalue weighted by atomic mass is 35.5. The highest BCUT2D eigenvalue weighted by Gasteiger charge is 2.17. The van der Waals surface area contributed by atoms with E-state index in [0.29, 0.717) is 11.1 Å². The summed E-state index contributed by atoms with van der Waals surface area (Å²) in [5.74, 6) is 0.725. The third-order valence-corrected chi connectivity index (χ3v) is 3.85. The molecule has 1 aliphatic heterocycles. The maximum Gasteiger partial charge on any atom is 0.137 e. The number of hydrogen-bond acceptors (Lipinski definition) is 3. The van der Waals surface area contributed by atoms with Crippen LogP contribution in [-0.4, -0.2) is 37.7 Å². The second kappa shape index (κ2) is 6.30. The number of halogens is 1. The first kappa shape index (κ1) is 13.5. The van der Waals surface area contributed by atoms with Crippen LogP contribution in [0.2, 0.25) is 5.02 Å². The van der Waals surface area contributed by atoms with Crippen LogP contribution in [0.1, 0.15) is 19.8 Å². The third kappa shape index (κ3) is 3.30. The molecule has 1 heterocycles. The number of nitrogens with zero attached hydrogens (tertiary/aromatic N) is 1. The second-order valence-electron chi connectivity index (χ2n) is 4.70. The molecule has 0 bridgehead atoms. The monoisotopic (exact) mass is 268 g/mol. The van der Waals surface area contributed by atoms with Gasteiger partial charge in [-0.2, -0.15) is 0 Å². The number of methoxy groups -OCH3 is 1. The molecule has 1 fully saturated rings. The Morgan fingerprint density at radius 1 is 1.39 bits per heavy atom. The molecule has 0 spiro atoms. The minimum Gasteiger partial charge on any atom is -0.495 e. The van der Waals surface area contributed by atoms with Gasteiger partial charge in [0, 0.05) is 24.8 Å². The van der Waals surface area contributed by atoms with E-state index in [9.17, 15) is 0 Å². The van der Waals surface area contributed by atoms with Crippen molar-refractivity contribution in [1.82, 2.24) is 4.90 Å². The molecule has 2 rings (SSSR count). The molecule has 0 radical (unpaired) electrons. The van der Waals surface area contributed by atoms with E-state index in [1.54, 1.807) is 7.11 Å². The Labute approximate surface area is 114 Å². The first-order valence-electron chi connectivity index (χ1n) is 6.55. The lowest BCUT2D eigenvalue weighted by molar-refractivity contribution is 0.229. The SMILES string of the molecule is CCN1CCC(Nc2ccc(OC)c(Cl)c2)CC1. The van der Waals surface area contributed by atoms with Crippen molar-refractivity contribution in [2.24, 2.45) is 0 Å². The average molecular weight is 269 g/mol. The van der Waals surface area contributed by atoms with Crippen molar-refractivity contribution >= 4 is 17.3 Å². The Bertz CT molecular complexity index is 389. The molecule has 0 saturated carbocycles. The Morgan fingerprint density at radius 3 is 2.67 bits per heavy atom. The molecular formula is C14H21ClN2O. The Morgan fingerprint density at radius 2 is 2.11 bits per heavy atom. The molecule has 0 aromatic heterocycles. The van der Waals surface area contributed by atoms with Crippen LogP contribution in [-0.2, 0) is 0 Å². The predicted octanol–water partition coefficient (Wildman–Crippen LogP) is 3.24. The number of piperidine rings is 1. The molecule has 1 aliphatic rings. The number of benzene rings is 1. The third-order valence-electron chi connectivity index (χ3n) is 3.56. The lowest BCUT2D eigenvalue weighted by Gasteiger charge is -2.32. The first-order valence-corrected chi connectivity index (χ1v) is 6.93. The number of nitrogens with one attached hydrogen (secondary N) is 1. The highest BCUT2D eigenvalue weighted by Crippen LogP contribution is 2.28. The number of ether oxygens (including phenoxy) is 1. The van der Waals surface area contributed by atoms with Crippen molar-refractivity contribution in [2.45, 2.75) is 25.8 Å². The molecular weight excluding hydrogens is 248 g/mol. The van der Waals surface area contributed by atoms with Gasteiger partial charge < -0.3 is 15.0 Å². The molecule has 0 atom stereocenters. The van der Waals surface area contributed by atoms with Gasteiger partial charge in [-0.05, 0) is 37.6 Å². The van der Waals surface area contributed by atoms with Crippen LogP contribution in [0.3, 0.4) is 0 Å². The van der Waals surface area contributed by atoms with Gasteiger partial charge in [-0.1, -0.05) is 18.5 Å². The zero-order chi connectivity index (χ0) is 13.0. The van der Waals surface area contributed by atoms with E-state index in [1.165, 1.54) is 25.9 Å². The van der Waals surface area contributed by atoms with Gasteiger partial charge in [0.05, 0.1) is 12.1 Å². The number of rotatable bonds is 4. The maximum absolute atomic E-state index is 6.12. The van der Waals surface area contributed by atoms with Gasteiger partial charge in [-0.25, -0.2) is 0 Å². The molecule has 3 nitrogen and oxygen atoms in total. The molecule has 100 valence electrons. The standard InChI is InChI=1S/C14H21ClN2O/c1-3-17-8-6-11(7-9-17)16-12-4-5-14(18-2)13(15)10-12/h4-5,10-11,16H,3,6-9H2,1-2H3. The molecule has 18 heavy (non-hydrogen) atoms. The number of likely N-dealkylation sites (tertiary alicyclic amines) is 1. The van der Waals surface area contributed by atoms with Gasteiger partial charge in [-0.3, -0.25) is 0 Å². The smallest absolute Gasteiger partial charge is 0.137 e. The molecule has 1 aromatic carbocycles. The number of hydrogen-bond donors (Lipinski definition) is 1. The fourth-order valence-electron chi connectivity index (χ4n) is 2.39. The number of anilines is 1. The summed E-state index contributed by atoms with van der Waals surface area (Å²) in [6.45, 7) is 5.73. The van der Waals surface area contributed by atoms with Crippen LogP contribution < -0.4 is 10.1 Å². The van der Waals surface area contributed by atoms with E-state index in [1.807, 2.05) is 18.2 Å². The summed E-state index contributed by atoms with van der Waals surface area (Å²) in [6.07, 6.45) is 2.38. The quantitative estimate of drug-likeness (QED) is 0.907. The van der Waals surface area contributed by atoms with E-state index < -0.39 is 0 Å². The summed E-state index contributed by atoms with van der Waals surface area (Å²) < 4.78 is 5.15. The van der Waals surface area contributed by atoms with Crippen molar-refractivity contribution in [3.05, 3.63) is 23.2 Å². The lowest BCUT2D eigenvalue weighted by atomic mass is 10.0. The molecule has 0 unspecified atom stereocenters. The fraction of sp³-hybridized carbons (Fsp3) is 0.571. The maximum atomic E-state index is 6.12. The van der Waals surface area contributed by atoms with E-state index in [-0.39, 0.29) is 0 Å². The van der Waals surface area contributed by atoms with Crippen molar-refractivity contribution < 1.29 is 4.74 Å². The van der Waals surface area contributed by atoms with Crippen LogP contribution in [0.5, 0.6) is 5.75 Å². The van der Waals surface area contributed by atoms with Gasteiger partial charge in [0.1, 0.15) is 5.75 Å². The predicted molar refractivity (Wildman–Crippen MR) is 76.8 cm³/mol. The van der Waals surface area contributed by atoms with Crippen molar-refractivity contribution in [3.8, 4) is 5.75 Å². The van der Waals surface area contributed by atoms with Gasteiger partial charge in [-0.15, -0.1) is 0 Å². The summed E-state index contributed by atoms with van der Waals surface area (Å²) in [5.41, 5.74) is 1.08. The molecule has 1 saturated heterocycles. The normalized spacial score (nSPS) is 17.7. The Balaban J connectivity index is 1.92.